The van der Waals surface area contributed by atoms with Crippen molar-refractivity contribution in [2.75, 3.05) is 52.4 Å². The minimum atomic E-state index is -3.65. The van der Waals surface area contributed by atoms with Crippen molar-refractivity contribution in [3.8, 4) is 5.69 Å². The van der Waals surface area contributed by atoms with Crippen LogP contribution in [-0.2, 0) is 30.9 Å². The maximum atomic E-state index is 13.3. The van der Waals surface area contributed by atoms with Crippen LogP contribution in [-0.4, -0.2) is 103 Å². The largest absolute Gasteiger partial charge is 0.465 e. The molecule has 1 aliphatic carbocycles. The van der Waals surface area contributed by atoms with Crippen molar-refractivity contribution in [3.05, 3.63) is 41.2 Å². The number of benzene rings is 1. The van der Waals surface area contributed by atoms with E-state index in [0.717, 1.165) is 49.6 Å². The van der Waals surface area contributed by atoms with Gasteiger partial charge in [-0.15, -0.1) is 37.2 Å². The van der Waals surface area contributed by atoms with Gasteiger partial charge in [0.05, 0.1) is 29.4 Å². The van der Waals surface area contributed by atoms with E-state index in [1.165, 1.54) is 42.0 Å². The van der Waals surface area contributed by atoms with Crippen LogP contribution in [0.5, 0.6) is 0 Å². The van der Waals surface area contributed by atoms with Gasteiger partial charge in [0, 0.05) is 69.5 Å². The zero-order valence-electron chi connectivity index (χ0n) is 28.4. The fraction of sp³-hybridized carbons (Fsp3) is 0.667. The normalized spacial score (nSPS) is 18.6. The predicted molar refractivity (Wildman–Crippen MR) is 194 cm³/mol. The lowest BCUT2D eigenvalue weighted by Crippen LogP contribution is -2.49. The highest BCUT2D eigenvalue weighted by atomic mass is 35.5. The van der Waals surface area contributed by atoms with Gasteiger partial charge < -0.3 is 10.1 Å². The van der Waals surface area contributed by atoms with Gasteiger partial charge in [0.15, 0.2) is 0 Å². The molecule has 1 aromatic carbocycles. The first kappa shape index (κ1) is 42.2. The Bertz CT molecular complexity index is 1420. The molecule has 15 heteroatoms. The number of ether oxygens (including phenoxy) is 1. The Morgan fingerprint density at radius 3 is 2.10 bits per heavy atom. The lowest BCUT2D eigenvalue weighted by atomic mass is 9.86. The van der Waals surface area contributed by atoms with E-state index in [2.05, 4.69) is 17.1 Å². The molecule has 0 bridgehead atoms. The average molecular weight is 752 g/mol. The Balaban J connectivity index is 0.00000267. The van der Waals surface area contributed by atoms with Crippen LogP contribution < -0.4 is 5.32 Å². The molecule has 48 heavy (non-hydrogen) atoms. The minimum Gasteiger partial charge on any atom is -0.465 e. The van der Waals surface area contributed by atoms with E-state index >= 15 is 0 Å². The fourth-order valence-electron chi connectivity index (χ4n) is 6.98. The lowest BCUT2D eigenvalue weighted by molar-refractivity contribution is -0.144. The van der Waals surface area contributed by atoms with Crippen LogP contribution in [0, 0.1) is 19.8 Å². The van der Waals surface area contributed by atoms with Crippen molar-refractivity contribution < 1.29 is 22.7 Å². The Labute approximate surface area is 304 Å². The Morgan fingerprint density at radius 1 is 0.875 bits per heavy atom. The van der Waals surface area contributed by atoms with Crippen molar-refractivity contribution in [2.24, 2.45) is 5.92 Å². The number of aryl methyl sites for hydroxylation is 1. The van der Waals surface area contributed by atoms with E-state index in [1.807, 2.05) is 28.6 Å². The van der Waals surface area contributed by atoms with Crippen LogP contribution in [0.25, 0.3) is 5.69 Å². The van der Waals surface area contributed by atoms with Gasteiger partial charge in [-0.25, -0.2) is 13.1 Å². The first-order valence-electron chi connectivity index (χ1n) is 16.7. The number of carbonyl (C=O) groups is 2. The number of hydrogen-bond acceptors (Lipinski definition) is 8. The average Bonchev–Trinajstić information content (AvgIpc) is 3.31. The third-order valence-electron chi connectivity index (χ3n) is 9.68. The molecule has 0 spiro atoms. The standard InChI is InChI=1S/C33H50N6O5S.3ClH/c1-4-44-33(41)24-37-18-20-38(21-19-37)45(42,43)30-12-10-29(11-13-30)39-26(3)31(25(2)35-39)23-36-16-14-28(15-17-36)34-32(40)22-27-8-6-5-7-9-27;;;/h10-13,27-28H,4-9,14-24H2,1-3H3,(H,34,40);3*1H. The van der Waals surface area contributed by atoms with Gasteiger partial charge in [0.1, 0.15) is 0 Å². The molecule has 0 unspecified atom stereocenters. The molecule has 1 N–H and O–H groups in total. The highest BCUT2D eigenvalue weighted by Crippen LogP contribution is 2.27. The minimum absolute atomic E-state index is 0. The van der Waals surface area contributed by atoms with E-state index in [1.54, 1.807) is 19.1 Å². The molecule has 2 aliphatic heterocycles. The van der Waals surface area contributed by atoms with Gasteiger partial charge in [-0.3, -0.25) is 19.4 Å². The van der Waals surface area contributed by atoms with Gasteiger partial charge in [-0.1, -0.05) is 19.3 Å². The van der Waals surface area contributed by atoms with Crippen molar-refractivity contribution in [1.29, 1.82) is 0 Å². The molecule has 0 atom stereocenters. The number of nitrogens with one attached hydrogen (secondary N) is 1. The van der Waals surface area contributed by atoms with E-state index in [-0.39, 0.29) is 66.6 Å². The summed E-state index contributed by atoms with van der Waals surface area (Å²) >= 11 is 0. The Kier molecular flexibility index (Phi) is 17.1. The maximum absolute atomic E-state index is 13.3. The third kappa shape index (κ3) is 10.8. The second kappa shape index (κ2) is 19.5. The third-order valence-corrected chi connectivity index (χ3v) is 11.6. The number of piperazine rings is 1. The van der Waals surface area contributed by atoms with Crippen molar-refractivity contribution in [3.63, 3.8) is 0 Å². The summed E-state index contributed by atoms with van der Waals surface area (Å²) in [6.45, 7) is 10.7. The van der Waals surface area contributed by atoms with E-state index < -0.39 is 10.0 Å². The number of rotatable bonds is 11. The van der Waals surface area contributed by atoms with E-state index in [4.69, 9.17) is 9.84 Å². The summed E-state index contributed by atoms with van der Waals surface area (Å²) in [5, 5.41) is 8.11. The zero-order chi connectivity index (χ0) is 32.0. The molecule has 1 saturated carbocycles. The van der Waals surface area contributed by atoms with Gasteiger partial charge in [-0.05, 0) is 76.6 Å². The summed E-state index contributed by atoms with van der Waals surface area (Å²) in [7, 11) is -3.65. The van der Waals surface area contributed by atoms with Crippen LogP contribution in [0.2, 0.25) is 0 Å². The molecule has 3 aliphatic rings. The zero-order valence-corrected chi connectivity index (χ0v) is 31.7. The van der Waals surface area contributed by atoms with Crippen LogP contribution in [0.1, 0.15) is 75.2 Å². The molecule has 1 aromatic heterocycles. The molecule has 3 heterocycles. The van der Waals surface area contributed by atoms with Gasteiger partial charge >= 0.3 is 5.97 Å². The number of aromatic nitrogens is 2. The molecule has 1 amide bonds. The molecular weight excluding hydrogens is 699 g/mol. The van der Waals surface area contributed by atoms with Gasteiger partial charge in [0.2, 0.25) is 15.9 Å². The molecule has 11 nitrogen and oxygen atoms in total. The molecule has 5 rings (SSSR count). The molecule has 2 saturated heterocycles. The second-order valence-corrected chi connectivity index (χ2v) is 14.8. The number of piperidine rings is 1. The number of esters is 1. The molecule has 272 valence electrons. The molecule has 3 fully saturated rings. The van der Waals surface area contributed by atoms with Gasteiger partial charge in [0.25, 0.3) is 0 Å². The van der Waals surface area contributed by atoms with E-state index in [0.29, 0.717) is 45.1 Å². The Morgan fingerprint density at radius 2 is 1.50 bits per heavy atom. The van der Waals surface area contributed by atoms with E-state index in [9.17, 15) is 18.0 Å². The monoisotopic (exact) mass is 750 g/mol. The smallest absolute Gasteiger partial charge is 0.320 e. The maximum Gasteiger partial charge on any atom is 0.320 e. The van der Waals surface area contributed by atoms with Crippen molar-refractivity contribution in [1.82, 2.24) is 29.2 Å². The number of nitrogens with zero attached hydrogens (tertiary/aromatic N) is 5. The van der Waals surface area contributed by atoms with Gasteiger partial charge in [-0.2, -0.15) is 9.40 Å². The first-order valence-corrected chi connectivity index (χ1v) is 18.1. The number of sulfonamides is 1. The van der Waals surface area contributed by atoms with Crippen LogP contribution in [0.15, 0.2) is 29.2 Å². The first-order chi connectivity index (χ1) is 21.6. The van der Waals surface area contributed by atoms with Crippen LogP contribution in [0.3, 0.4) is 0 Å². The number of likely N-dealkylation sites (tertiary alicyclic amines) is 1. The van der Waals surface area contributed by atoms with Crippen molar-refractivity contribution in [2.45, 2.75) is 89.6 Å². The lowest BCUT2D eigenvalue weighted by Gasteiger charge is -2.33. The highest BCUT2D eigenvalue weighted by molar-refractivity contribution is 7.89. The summed E-state index contributed by atoms with van der Waals surface area (Å²) in [6, 6.07) is 7.19. The summed E-state index contributed by atoms with van der Waals surface area (Å²) in [5.41, 5.74) is 4.02. The topological polar surface area (TPSA) is 117 Å². The summed E-state index contributed by atoms with van der Waals surface area (Å²) < 4.78 is 35.1. The summed E-state index contributed by atoms with van der Waals surface area (Å²) in [4.78, 5) is 29.0. The molecular formula is C33H53Cl3N6O5S. The van der Waals surface area contributed by atoms with Crippen LogP contribution >= 0.6 is 37.2 Å². The highest BCUT2D eigenvalue weighted by Gasteiger charge is 2.30. The number of amides is 1. The number of carbonyl (C=O) groups excluding carboxylic acids is 2. The van der Waals surface area contributed by atoms with Crippen molar-refractivity contribution >= 4 is 59.1 Å². The second-order valence-electron chi connectivity index (χ2n) is 12.9. The summed E-state index contributed by atoms with van der Waals surface area (Å²) in [6.07, 6.45) is 8.82. The Hall–Kier alpha value is -1.93. The quantitative estimate of drug-likeness (QED) is 0.330. The van der Waals surface area contributed by atoms with Crippen LogP contribution in [0.4, 0.5) is 0 Å². The number of hydrogen-bond donors (Lipinski definition) is 1. The number of halogens is 3. The summed E-state index contributed by atoms with van der Waals surface area (Å²) in [5.74, 6) is 0.500. The SMILES string of the molecule is CCOC(=O)CN1CCN(S(=O)(=O)c2ccc(-n3nc(C)c(CN4CCC(NC(=O)CC5CCCCC5)CC4)c3C)cc2)CC1.Cl.Cl.Cl. The molecule has 0 radical (unpaired) electrons. The predicted octanol–water partition coefficient (Wildman–Crippen LogP) is 4.67. The molecule has 2 aromatic rings. The fourth-order valence-corrected chi connectivity index (χ4v) is 8.40.